The minimum atomic E-state index is -0.249. The molecule has 0 radical (unpaired) electrons. The molecule has 1 aromatic carbocycles. The van der Waals surface area contributed by atoms with Crippen LogP contribution in [0.25, 0.3) is 0 Å². The first-order chi connectivity index (χ1) is 14.0. The topological polar surface area (TPSA) is 89.2 Å². The summed E-state index contributed by atoms with van der Waals surface area (Å²) >= 11 is 0. The number of methoxy groups -OCH3 is 1. The molecule has 0 bridgehead atoms. The molecular weight excluding hydrogens is 380 g/mol. The minimum Gasteiger partial charge on any atom is -0.493 e. The van der Waals surface area contributed by atoms with Crippen molar-refractivity contribution in [1.82, 2.24) is 9.78 Å². The highest BCUT2D eigenvalue weighted by Gasteiger charge is 2.25. The standard InChI is InChI=1S/C23H32N4O3/c1-22(2,3)19-14-20(27(26-19)23(4,5)6)25-21(28)9-8-12-30-17-11-10-16(15-24)13-18(17)29-7/h10-11,13-14H,8-9,12H2,1-7H3,(H,25,28). The van der Waals surface area contributed by atoms with Gasteiger partial charge < -0.3 is 14.8 Å². The maximum absolute atomic E-state index is 12.5. The molecule has 0 spiro atoms. The number of nitriles is 1. The van der Waals surface area contributed by atoms with E-state index < -0.39 is 0 Å². The van der Waals surface area contributed by atoms with Crippen molar-refractivity contribution in [1.29, 1.82) is 5.26 Å². The van der Waals surface area contributed by atoms with Crippen molar-refractivity contribution in [2.45, 2.75) is 65.3 Å². The molecule has 162 valence electrons. The van der Waals surface area contributed by atoms with Gasteiger partial charge in [0.25, 0.3) is 0 Å². The van der Waals surface area contributed by atoms with Crippen LogP contribution in [-0.2, 0) is 15.7 Å². The van der Waals surface area contributed by atoms with E-state index in [0.717, 1.165) is 5.69 Å². The fourth-order valence-electron chi connectivity index (χ4n) is 2.82. The van der Waals surface area contributed by atoms with E-state index in [1.165, 1.54) is 7.11 Å². The summed E-state index contributed by atoms with van der Waals surface area (Å²) < 4.78 is 12.8. The highest BCUT2D eigenvalue weighted by molar-refractivity contribution is 5.90. The van der Waals surface area contributed by atoms with E-state index in [1.807, 2.05) is 10.7 Å². The Bertz CT molecular complexity index is 927. The molecule has 0 saturated heterocycles. The van der Waals surface area contributed by atoms with Crippen LogP contribution in [0, 0.1) is 11.3 Å². The lowest BCUT2D eigenvalue weighted by Crippen LogP contribution is -2.27. The van der Waals surface area contributed by atoms with Gasteiger partial charge in [-0.05, 0) is 39.3 Å². The maximum Gasteiger partial charge on any atom is 0.225 e. The Labute approximate surface area is 179 Å². The Kier molecular flexibility index (Phi) is 7.14. The number of ether oxygens (including phenoxy) is 2. The summed E-state index contributed by atoms with van der Waals surface area (Å²) in [5.74, 6) is 1.67. The van der Waals surface area contributed by atoms with E-state index in [4.69, 9.17) is 19.8 Å². The molecule has 0 aliphatic heterocycles. The average Bonchev–Trinajstić information content (AvgIpc) is 3.10. The van der Waals surface area contributed by atoms with Crippen LogP contribution in [0.15, 0.2) is 24.3 Å². The van der Waals surface area contributed by atoms with Crippen molar-refractivity contribution in [2.24, 2.45) is 0 Å². The lowest BCUT2D eigenvalue weighted by atomic mass is 9.92. The second kappa shape index (κ2) is 9.21. The van der Waals surface area contributed by atoms with Crippen LogP contribution in [0.3, 0.4) is 0 Å². The Morgan fingerprint density at radius 3 is 2.43 bits per heavy atom. The molecule has 0 atom stereocenters. The predicted octanol–water partition coefficient (Wildman–Crippen LogP) is 4.61. The van der Waals surface area contributed by atoms with Crippen molar-refractivity contribution in [3.05, 3.63) is 35.5 Å². The maximum atomic E-state index is 12.5. The van der Waals surface area contributed by atoms with Crippen LogP contribution in [0.2, 0.25) is 0 Å². The normalized spacial score (nSPS) is 11.7. The van der Waals surface area contributed by atoms with E-state index in [9.17, 15) is 4.79 Å². The van der Waals surface area contributed by atoms with E-state index in [0.29, 0.717) is 42.3 Å². The Hall–Kier alpha value is -3.01. The molecule has 2 rings (SSSR count). The number of anilines is 1. The van der Waals surface area contributed by atoms with Gasteiger partial charge in [-0.3, -0.25) is 4.79 Å². The molecule has 0 saturated carbocycles. The molecule has 1 amide bonds. The molecule has 0 aliphatic carbocycles. The zero-order chi connectivity index (χ0) is 22.5. The van der Waals surface area contributed by atoms with Crippen LogP contribution in [0.4, 0.5) is 5.82 Å². The van der Waals surface area contributed by atoms with Gasteiger partial charge in [0, 0.05) is 24.0 Å². The van der Waals surface area contributed by atoms with Gasteiger partial charge in [-0.1, -0.05) is 20.8 Å². The van der Waals surface area contributed by atoms with Gasteiger partial charge in [0.1, 0.15) is 5.82 Å². The zero-order valence-electron chi connectivity index (χ0n) is 19.0. The molecular formula is C23H32N4O3. The van der Waals surface area contributed by atoms with Crippen LogP contribution in [0.5, 0.6) is 11.5 Å². The molecule has 0 unspecified atom stereocenters. The summed E-state index contributed by atoms with van der Waals surface area (Å²) in [6.07, 6.45) is 0.865. The number of nitrogens with zero attached hydrogens (tertiary/aromatic N) is 3. The molecule has 7 heteroatoms. The predicted molar refractivity (Wildman–Crippen MR) is 117 cm³/mol. The minimum absolute atomic E-state index is 0.0868. The second-order valence-electron chi connectivity index (χ2n) is 9.23. The highest BCUT2D eigenvalue weighted by atomic mass is 16.5. The summed E-state index contributed by atoms with van der Waals surface area (Å²) in [5, 5.41) is 16.7. The van der Waals surface area contributed by atoms with Gasteiger partial charge in [-0.15, -0.1) is 0 Å². The van der Waals surface area contributed by atoms with Gasteiger partial charge in [0.15, 0.2) is 11.5 Å². The summed E-state index contributed by atoms with van der Waals surface area (Å²) in [4.78, 5) is 12.5. The highest BCUT2D eigenvalue weighted by Crippen LogP contribution is 2.29. The van der Waals surface area contributed by atoms with Crippen LogP contribution in [-0.4, -0.2) is 29.4 Å². The number of hydrogen-bond donors (Lipinski definition) is 1. The fourth-order valence-corrected chi connectivity index (χ4v) is 2.82. The third kappa shape index (κ3) is 5.99. The summed E-state index contributed by atoms with van der Waals surface area (Å²) in [7, 11) is 1.53. The second-order valence-corrected chi connectivity index (χ2v) is 9.23. The smallest absolute Gasteiger partial charge is 0.225 e. The molecule has 0 aliphatic rings. The van der Waals surface area contributed by atoms with E-state index >= 15 is 0 Å². The molecule has 1 N–H and O–H groups in total. The number of amides is 1. The Morgan fingerprint density at radius 2 is 1.87 bits per heavy atom. The van der Waals surface area contributed by atoms with Gasteiger partial charge in [-0.25, -0.2) is 4.68 Å². The first kappa shape index (κ1) is 23.3. The first-order valence-electron chi connectivity index (χ1n) is 10.1. The van der Waals surface area contributed by atoms with Gasteiger partial charge in [-0.2, -0.15) is 10.4 Å². The van der Waals surface area contributed by atoms with E-state index in [1.54, 1.807) is 18.2 Å². The molecule has 2 aromatic rings. The number of carbonyl (C=O) groups is 1. The quantitative estimate of drug-likeness (QED) is 0.671. The van der Waals surface area contributed by atoms with Gasteiger partial charge in [0.2, 0.25) is 5.91 Å². The van der Waals surface area contributed by atoms with Crippen molar-refractivity contribution >= 4 is 11.7 Å². The van der Waals surface area contributed by atoms with Crippen molar-refractivity contribution < 1.29 is 14.3 Å². The summed E-state index contributed by atoms with van der Waals surface area (Å²) in [5.41, 5.74) is 1.08. The van der Waals surface area contributed by atoms with Crippen molar-refractivity contribution in [2.75, 3.05) is 19.0 Å². The zero-order valence-corrected chi connectivity index (χ0v) is 19.0. The first-order valence-corrected chi connectivity index (χ1v) is 10.1. The molecule has 1 aromatic heterocycles. The van der Waals surface area contributed by atoms with E-state index in [-0.39, 0.29) is 16.9 Å². The van der Waals surface area contributed by atoms with E-state index in [2.05, 4.69) is 52.9 Å². The number of rotatable bonds is 7. The molecule has 0 fully saturated rings. The number of hydrogen-bond acceptors (Lipinski definition) is 5. The van der Waals surface area contributed by atoms with Crippen LogP contribution < -0.4 is 14.8 Å². The average molecular weight is 413 g/mol. The largest absolute Gasteiger partial charge is 0.493 e. The lowest BCUT2D eigenvalue weighted by molar-refractivity contribution is -0.116. The SMILES string of the molecule is COc1cc(C#N)ccc1OCCCC(=O)Nc1cc(C(C)(C)C)nn1C(C)(C)C. The summed E-state index contributed by atoms with van der Waals surface area (Å²) in [6, 6.07) is 9.01. The number of carbonyl (C=O) groups excluding carboxylic acids is 1. The molecule has 1 heterocycles. The third-order valence-corrected chi connectivity index (χ3v) is 4.48. The number of nitrogens with one attached hydrogen (secondary N) is 1. The Morgan fingerprint density at radius 1 is 1.17 bits per heavy atom. The molecule has 7 nitrogen and oxygen atoms in total. The third-order valence-electron chi connectivity index (χ3n) is 4.48. The van der Waals surface area contributed by atoms with Crippen LogP contribution >= 0.6 is 0 Å². The fraction of sp³-hybridized carbons (Fsp3) is 0.522. The number of aromatic nitrogens is 2. The Balaban J connectivity index is 1.96. The van der Waals surface area contributed by atoms with Crippen molar-refractivity contribution in [3.63, 3.8) is 0 Å². The van der Waals surface area contributed by atoms with Gasteiger partial charge in [0.05, 0.1) is 36.6 Å². The van der Waals surface area contributed by atoms with Gasteiger partial charge >= 0.3 is 0 Å². The van der Waals surface area contributed by atoms with Crippen LogP contribution in [0.1, 0.15) is 65.6 Å². The molecule has 30 heavy (non-hydrogen) atoms. The van der Waals surface area contributed by atoms with Crippen molar-refractivity contribution in [3.8, 4) is 17.6 Å². The number of benzene rings is 1. The lowest BCUT2D eigenvalue weighted by Gasteiger charge is -2.23. The summed E-state index contributed by atoms with van der Waals surface area (Å²) in [6.45, 7) is 12.8. The monoisotopic (exact) mass is 412 g/mol.